The highest BCUT2D eigenvalue weighted by Gasteiger charge is 2.09. The van der Waals surface area contributed by atoms with Crippen LogP contribution in [0.3, 0.4) is 0 Å². The van der Waals surface area contributed by atoms with Crippen LogP contribution < -0.4 is 0 Å². The molecule has 2 rings (SSSR count). The van der Waals surface area contributed by atoms with Crippen molar-refractivity contribution in [2.24, 2.45) is 5.92 Å². The third-order valence-corrected chi connectivity index (χ3v) is 2.36. The van der Waals surface area contributed by atoms with Crippen molar-refractivity contribution in [2.45, 2.75) is 13.8 Å². The van der Waals surface area contributed by atoms with E-state index >= 15 is 0 Å². The third-order valence-electron chi connectivity index (χ3n) is 2.36. The third kappa shape index (κ3) is 4.60. The summed E-state index contributed by atoms with van der Waals surface area (Å²) in [6.07, 6.45) is 0. The van der Waals surface area contributed by atoms with Crippen LogP contribution in [-0.2, 0) is 9.47 Å². The first-order chi connectivity index (χ1) is 6.33. The molecule has 0 aromatic rings. The molecule has 0 atom stereocenters. The van der Waals surface area contributed by atoms with Gasteiger partial charge in [0, 0.05) is 19.0 Å². The van der Waals surface area contributed by atoms with E-state index < -0.39 is 0 Å². The van der Waals surface area contributed by atoms with E-state index in [1.54, 1.807) is 0 Å². The van der Waals surface area contributed by atoms with Crippen LogP contribution in [0, 0.1) is 5.92 Å². The number of likely N-dealkylation sites (N-methyl/N-ethyl adjacent to an activating group) is 1. The van der Waals surface area contributed by atoms with E-state index in [0.717, 1.165) is 45.4 Å². The predicted octanol–water partition coefficient (Wildman–Crippen LogP) is 0.991. The molecule has 2 aliphatic rings. The van der Waals surface area contributed by atoms with Crippen molar-refractivity contribution in [3.63, 3.8) is 0 Å². The van der Waals surface area contributed by atoms with Crippen molar-refractivity contribution in [3.05, 3.63) is 0 Å². The molecule has 0 N–H and O–H groups in total. The highest BCUT2D eigenvalue weighted by atomic mass is 16.5. The Morgan fingerprint density at radius 3 is 1.92 bits per heavy atom. The van der Waals surface area contributed by atoms with Gasteiger partial charge in [-0.05, 0) is 6.54 Å². The summed E-state index contributed by atoms with van der Waals surface area (Å²) in [5.74, 6) is 0.843. The van der Waals surface area contributed by atoms with E-state index in [9.17, 15) is 0 Å². The molecule has 2 fully saturated rings. The van der Waals surface area contributed by atoms with Gasteiger partial charge < -0.3 is 9.47 Å². The van der Waals surface area contributed by atoms with Gasteiger partial charge in [0.25, 0.3) is 0 Å². The van der Waals surface area contributed by atoms with Gasteiger partial charge in [-0.3, -0.25) is 4.90 Å². The smallest absolute Gasteiger partial charge is 0.0594 e. The number of nitrogens with zero attached hydrogens (tertiary/aromatic N) is 1. The first-order valence-electron chi connectivity index (χ1n) is 5.20. The summed E-state index contributed by atoms with van der Waals surface area (Å²) in [6.45, 7) is 11.6. The van der Waals surface area contributed by atoms with Crippen LogP contribution in [0.1, 0.15) is 13.8 Å². The molecule has 2 aliphatic heterocycles. The second-order valence-corrected chi connectivity index (χ2v) is 3.69. The van der Waals surface area contributed by atoms with Gasteiger partial charge in [-0.25, -0.2) is 0 Å². The van der Waals surface area contributed by atoms with Gasteiger partial charge in [-0.1, -0.05) is 13.8 Å². The van der Waals surface area contributed by atoms with Gasteiger partial charge in [-0.2, -0.15) is 0 Å². The molecule has 0 aromatic heterocycles. The number of hydrogen-bond donors (Lipinski definition) is 0. The Hall–Kier alpha value is -0.120. The Kier molecular flexibility index (Phi) is 5.35. The molecule has 0 spiro atoms. The number of morpholine rings is 1. The maximum absolute atomic E-state index is 5.16. The lowest BCUT2D eigenvalue weighted by atomic mass is 10.2. The van der Waals surface area contributed by atoms with E-state index in [1.165, 1.54) is 6.54 Å². The predicted molar refractivity (Wildman–Crippen MR) is 52.9 cm³/mol. The maximum atomic E-state index is 5.16. The van der Waals surface area contributed by atoms with Crippen LogP contribution in [-0.4, -0.2) is 51.0 Å². The zero-order chi connectivity index (χ0) is 9.52. The monoisotopic (exact) mass is 187 g/mol. The molecule has 2 heterocycles. The molecule has 0 aliphatic carbocycles. The molecular formula is C10H21NO2. The highest BCUT2D eigenvalue weighted by molar-refractivity contribution is 4.57. The van der Waals surface area contributed by atoms with E-state index in [2.05, 4.69) is 18.7 Å². The maximum Gasteiger partial charge on any atom is 0.0594 e. The standard InChI is InChI=1S/C6H13NO.C4H8O/c1-2-7-3-5-8-6-4-7;1-4-2-5-3-4/h2-6H2,1H3;4H,2-3H2,1H3. The van der Waals surface area contributed by atoms with Crippen LogP contribution in [0.2, 0.25) is 0 Å². The second kappa shape index (κ2) is 6.35. The average Bonchev–Trinajstić information content (AvgIpc) is 2.17. The summed E-state index contributed by atoms with van der Waals surface area (Å²) in [7, 11) is 0. The number of rotatable bonds is 1. The quantitative estimate of drug-likeness (QED) is 0.611. The first kappa shape index (κ1) is 11.0. The fourth-order valence-corrected chi connectivity index (χ4v) is 1.27. The lowest BCUT2D eigenvalue weighted by molar-refractivity contribution is -0.0221. The zero-order valence-corrected chi connectivity index (χ0v) is 8.79. The largest absolute Gasteiger partial charge is 0.381 e. The lowest BCUT2D eigenvalue weighted by Gasteiger charge is -2.24. The topological polar surface area (TPSA) is 21.7 Å². The second-order valence-electron chi connectivity index (χ2n) is 3.69. The molecule has 0 amide bonds. The summed E-state index contributed by atoms with van der Waals surface area (Å²) >= 11 is 0. The average molecular weight is 187 g/mol. The van der Waals surface area contributed by atoms with Gasteiger partial charge in [-0.15, -0.1) is 0 Å². The van der Waals surface area contributed by atoms with E-state index in [-0.39, 0.29) is 0 Å². The van der Waals surface area contributed by atoms with Crippen molar-refractivity contribution in [1.29, 1.82) is 0 Å². The number of ether oxygens (including phenoxy) is 2. The molecule has 13 heavy (non-hydrogen) atoms. The molecule has 0 unspecified atom stereocenters. The first-order valence-corrected chi connectivity index (χ1v) is 5.20. The molecule has 3 nitrogen and oxygen atoms in total. The Labute approximate surface area is 81.0 Å². The Balaban J connectivity index is 0.000000145. The van der Waals surface area contributed by atoms with Crippen molar-refractivity contribution in [1.82, 2.24) is 4.90 Å². The van der Waals surface area contributed by atoms with Crippen molar-refractivity contribution >= 4 is 0 Å². The van der Waals surface area contributed by atoms with Crippen LogP contribution in [0.25, 0.3) is 0 Å². The van der Waals surface area contributed by atoms with Crippen molar-refractivity contribution < 1.29 is 9.47 Å². The van der Waals surface area contributed by atoms with Gasteiger partial charge in [0.15, 0.2) is 0 Å². The Bertz CT molecular complexity index is 120. The molecule has 78 valence electrons. The van der Waals surface area contributed by atoms with Crippen LogP contribution in [0.5, 0.6) is 0 Å². The highest BCUT2D eigenvalue weighted by Crippen LogP contribution is 2.05. The molecule has 0 aromatic carbocycles. The van der Waals surface area contributed by atoms with Gasteiger partial charge in [0.2, 0.25) is 0 Å². The normalized spacial score (nSPS) is 24.5. The van der Waals surface area contributed by atoms with Crippen molar-refractivity contribution in [2.75, 3.05) is 46.1 Å². The molecular weight excluding hydrogens is 166 g/mol. The summed E-state index contributed by atoms with van der Waals surface area (Å²) in [6, 6.07) is 0. The molecule has 2 saturated heterocycles. The summed E-state index contributed by atoms with van der Waals surface area (Å²) in [4.78, 5) is 2.39. The van der Waals surface area contributed by atoms with Crippen LogP contribution >= 0.6 is 0 Å². The van der Waals surface area contributed by atoms with Gasteiger partial charge >= 0.3 is 0 Å². The minimum atomic E-state index is 0.843. The van der Waals surface area contributed by atoms with E-state index in [4.69, 9.17) is 9.47 Å². The lowest BCUT2D eigenvalue weighted by Crippen LogP contribution is -2.35. The molecule has 3 heteroatoms. The fraction of sp³-hybridized carbons (Fsp3) is 1.00. The minimum absolute atomic E-state index is 0.843. The fourth-order valence-electron chi connectivity index (χ4n) is 1.27. The Morgan fingerprint density at radius 2 is 1.69 bits per heavy atom. The van der Waals surface area contributed by atoms with Gasteiger partial charge in [0.1, 0.15) is 0 Å². The minimum Gasteiger partial charge on any atom is -0.381 e. The van der Waals surface area contributed by atoms with Gasteiger partial charge in [0.05, 0.1) is 26.4 Å². The van der Waals surface area contributed by atoms with Crippen molar-refractivity contribution in [3.8, 4) is 0 Å². The van der Waals surface area contributed by atoms with E-state index in [1.807, 2.05) is 0 Å². The molecule has 0 bridgehead atoms. The summed E-state index contributed by atoms with van der Waals surface area (Å²) in [5, 5.41) is 0. The summed E-state index contributed by atoms with van der Waals surface area (Å²) < 4.78 is 9.99. The van der Waals surface area contributed by atoms with Crippen LogP contribution in [0.4, 0.5) is 0 Å². The molecule has 0 saturated carbocycles. The number of hydrogen-bond acceptors (Lipinski definition) is 3. The summed E-state index contributed by atoms with van der Waals surface area (Å²) in [5.41, 5.74) is 0. The molecule has 0 radical (unpaired) electrons. The van der Waals surface area contributed by atoms with Crippen LogP contribution in [0.15, 0.2) is 0 Å². The SMILES string of the molecule is CC1COC1.CCN1CCOCC1. The van der Waals surface area contributed by atoms with E-state index in [0.29, 0.717) is 0 Å². The zero-order valence-electron chi connectivity index (χ0n) is 8.79. The Morgan fingerprint density at radius 1 is 1.15 bits per heavy atom.